The normalized spacial score (nSPS) is 14.8. The van der Waals surface area contributed by atoms with Crippen LogP contribution in [0.1, 0.15) is 24.8 Å². The van der Waals surface area contributed by atoms with E-state index in [4.69, 9.17) is 4.74 Å². The standard InChI is InChI=1S/C18H21NO/c1-2-9-17(10-3-1)20-18-11-5-8-16(12-18)14-19-13-15-6-4-7-15/h1-3,5,8-12,15,19H,4,6-7,13-14H2. The van der Waals surface area contributed by atoms with Crippen molar-refractivity contribution in [2.45, 2.75) is 25.8 Å². The second-order valence-electron chi connectivity index (χ2n) is 5.49. The van der Waals surface area contributed by atoms with Gasteiger partial charge in [0.1, 0.15) is 11.5 Å². The summed E-state index contributed by atoms with van der Waals surface area (Å²) in [5.41, 5.74) is 1.28. The van der Waals surface area contributed by atoms with Gasteiger partial charge in [-0.05, 0) is 55.1 Å². The number of nitrogens with one attached hydrogen (secondary N) is 1. The van der Waals surface area contributed by atoms with Gasteiger partial charge in [0, 0.05) is 6.54 Å². The topological polar surface area (TPSA) is 21.3 Å². The number of benzene rings is 2. The lowest BCUT2D eigenvalue weighted by molar-refractivity contribution is 0.301. The predicted octanol–water partition coefficient (Wildman–Crippen LogP) is 4.37. The highest BCUT2D eigenvalue weighted by atomic mass is 16.5. The van der Waals surface area contributed by atoms with Gasteiger partial charge in [-0.1, -0.05) is 36.8 Å². The third-order valence-corrected chi connectivity index (χ3v) is 3.86. The van der Waals surface area contributed by atoms with Crippen molar-refractivity contribution in [1.82, 2.24) is 5.32 Å². The Labute approximate surface area is 120 Å². The van der Waals surface area contributed by atoms with E-state index in [0.29, 0.717) is 0 Å². The second kappa shape index (κ2) is 6.58. The smallest absolute Gasteiger partial charge is 0.127 e. The molecular formula is C18H21NO. The Hall–Kier alpha value is -1.80. The van der Waals surface area contributed by atoms with Gasteiger partial charge in [0.05, 0.1) is 0 Å². The fraction of sp³-hybridized carbons (Fsp3) is 0.333. The van der Waals surface area contributed by atoms with Crippen LogP contribution in [-0.4, -0.2) is 6.54 Å². The highest BCUT2D eigenvalue weighted by Gasteiger charge is 2.16. The number of ether oxygens (including phenoxy) is 1. The minimum absolute atomic E-state index is 0.882. The average molecular weight is 267 g/mol. The van der Waals surface area contributed by atoms with E-state index < -0.39 is 0 Å². The molecule has 2 aromatic carbocycles. The van der Waals surface area contributed by atoms with Crippen molar-refractivity contribution >= 4 is 0 Å². The summed E-state index contributed by atoms with van der Waals surface area (Å²) in [4.78, 5) is 0. The van der Waals surface area contributed by atoms with Crippen LogP contribution in [0.5, 0.6) is 11.5 Å². The van der Waals surface area contributed by atoms with Crippen LogP contribution in [0.4, 0.5) is 0 Å². The minimum Gasteiger partial charge on any atom is -0.457 e. The summed E-state index contributed by atoms with van der Waals surface area (Å²) in [5, 5.41) is 3.54. The maximum atomic E-state index is 5.85. The molecule has 0 aliphatic heterocycles. The molecule has 1 N–H and O–H groups in total. The van der Waals surface area contributed by atoms with Gasteiger partial charge in [-0.2, -0.15) is 0 Å². The number of para-hydroxylation sites is 1. The Kier molecular flexibility index (Phi) is 4.34. The third-order valence-electron chi connectivity index (χ3n) is 3.86. The molecule has 2 heteroatoms. The van der Waals surface area contributed by atoms with Gasteiger partial charge in [-0.15, -0.1) is 0 Å². The molecule has 0 radical (unpaired) electrons. The molecule has 1 fully saturated rings. The van der Waals surface area contributed by atoms with Gasteiger partial charge in [-0.3, -0.25) is 0 Å². The first-order chi connectivity index (χ1) is 9.90. The van der Waals surface area contributed by atoms with E-state index in [9.17, 15) is 0 Å². The van der Waals surface area contributed by atoms with Crippen molar-refractivity contribution in [3.8, 4) is 11.5 Å². The molecule has 1 aliphatic carbocycles. The Balaban J connectivity index is 1.55. The summed E-state index contributed by atoms with van der Waals surface area (Å²) in [5.74, 6) is 2.69. The van der Waals surface area contributed by atoms with E-state index in [0.717, 1.165) is 30.5 Å². The predicted molar refractivity (Wildman–Crippen MR) is 82.0 cm³/mol. The van der Waals surface area contributed by atoms with Crippen molar-refractivity contribution in [2.75, 3.05) is 6.54 Å². The zero-order chi connectivity index (χ0) is 13.6. The molecule has 2 nitrogen and oxygen atoms in total. The molecule has 0 heterocycles. The van der Waals surface area contributed by atoms with Gasteiger partial charge in [0.2, 0.25) is 0 Å². The largest absolute Gasteiger partial charge is 0.457 e. The third kappa shape index (κ3) is 3.61. The molecule has 0 amide bonds. The van der Waals surface area contributed by atoms with Crippen LogP contribution < -0.4 is 10.1 Å². The molecule has 0 bridgehead atoms. The lowest BCUT2D eigenvalue weighted by atomic mass is 9.85. The summed E-state index contributed by atoms with van der Waals surface area (Å²) in [6.45, 7) is 2.06. The van der Waals surface area contributed by atoms with Crippen molar-refractivity contribution in [1.29, 1.82) is 0 Å². The highest BCUT2D eigenvalue weighted by Crippen LogP contribution is 2.25. The molecule has 0 unspecified atom stereocenters. The van der Waals surface area contributed by atoms with E-state index in [1.54, 1.807) is 0 Å². The Bertz CT molecular complexity index is 534. The van der Waals surface area contributed by atoms with Crippen LogP contribution in [0.15, 0.2) is 54.6 Å². The summed E-state index contributed by atoms with van der Waals surface area (Å²) < 4.78 is 5.85. The van der Waals surface area contributed by atoms with E-state index in [1.165, 1.54) is 24.8 Å². The molecule has 1 aliphatic rings. The van der Waals surface area contributed by atoms with Gasteiger partial charge in [-0.25, -0.2) is 0 Å². The van der Waals surface area contributed by atoms with Crippen LogP contribution in [0.25, 0.3) is 0 Å². The van der Waals surface area contributed by atoms with Gasteiger partial charge in [0.15, 0.2) is 0 Å². The van der Waals surface area contributed by atoms with E-state index in [2.05, 4.69) is 23.5 Å². The summed E-state index contributed by atoms with van der Waals surface area (Å²) in [6.07, 6.45) is 4.20. The number of rotatable bonds is 6. The van der Waals surface area contributed by atoms with Crippen LogP contribution in [0.2, 0.25) is 0 Å². The summed E-state index contributed by atoms with van der Waals surface area (Å²) in [6, 6.07) is 18.2. The van der Waals surface area contributed by atoms with Crippen molar-refractivity contribution in [3.05, 3.63) is 60.2 Å². The maximum absolute atomic E-state index is 5.85. The quantitative estimate of drug-likeness (QED) is 0.839. The summed E-state index contributed by atoms with van der Waals surface area (Å²) >= 11 is 0. The molecule has 1 saturated carbocycles. The first-order valence-electron chi connectivity index (χ1n) is 7.43. The fourth-order valence-electron chi connectivity index (χ4n) is 2.46. The molecule has 0 atom stereocenters. The molecule has 0 aromatic heterocycles. The van der Waals surface area contributed by atoms with E-state index >= 15 is 0 Å². The molecule has 104 valence electrons. The highest BCUT2D eigenvalue weighted by molar-refractivity contribution is 5.33. The molecule has 20 heavy (non-hydrogen) atoms. The lowest BCUT2D eigenvalue weighted by Crippen LogP contribution is -2.26. The molecule has 0 spiro atoms. The van der Waals surface area contributed by atoms with E-state index in [1.807, 2.05) is 36.4 Å². The monoisotopic (exact) mass is 267 g/mol. The molecular weight excluding hydrogens is 246 g/mol. The molecule has 2 aromatic rings. The van der Waals surface area contributed by atoms with Gasteiger partial charge in [0.25, 0.3) is 0 Å². The number of hydrogen-bond donors (Lipinski definition) is 1. The van der Waals surface area contributed by atoms with Crippen molar-refractivity contribution in [3.63, 3.8) is 0 Å². The second-order valence-corrected chi connectivity index (χ2v) is 5.49. The zero-order valence-corrected chi connectivity index (χ0v) is 11.7. The Morgan fingerprint density at radius 1 is 0.950 bits per heavy atom. The van der Waals surface area contributed by atoms with Crippen LogP contribution in [-0.2, 0) is 6.54 Å². The minimum atomic E-state index is 0.882. The SMILES string of the molecule is c1ccc(Oc2cccc(CNCC3CCC3)c2)cc1. The maximum Gasteiger partial charge on any atom is 0.127 e. The van der Waals surface area contributed by atoms with Crippen LogP contribution in [0.3, 0.4) is 0 Å². The summed E-state index contributed by atoms with van der Waals surface area (Å²) in [7, 11) is 0. The lowest BCUT2D eigenvalue weighted by Gasteiger charge is -2.25. The van der Waals surface area contributed by atoms with Crippen molar-refractivity contribution < 1.29 is 4.74 Å². The van der Waals surface area contributed by atoms with Crippen LogP contribution in [0, 0.1) is 5.92 Å². The first kappa shape index (κ1) is 13.2. The first-order valence-corrected chi connectivity index (χ1v) is 7.43. The zero-order valence-electron chi connectivity index (χ0n) is 11.7. The van der Waals surface area contributed by atoms with Crippen molar-refractivity contribution in [2.24, 2.45) is 5.92 Å². The fourth-order valence-corrected chi connectivity index (χ4v) is 2.46. The number of hydrogen-bond acceptors (Lipinski definition) is 2. The van der Waals surface area contributed by atoms with Crippen LogP contribution >= 0.6 is 0 Å². The Morgan fingerprint density at radius 2 is 1.75 bits per heavy atom. The average Bonchev–Trinajstić information content (AvgIpc) is 2.43. The van der Waals surface area contributed by atoms with E-state index in [-0.39, 0.29) is 0 Å². The molecule has 0 saturated heterocycles. The Morgan fingerprint density at radius 3 is 2.50 bits per heavy atom. The molecule has 3 rings (SSSR count). The van der Waals surface area contributed by atoms with Gasteiger partial charge >= 0.3 is 0 Å². The van der Waals surface area contributed by atoms with Gasteiger partial charge < -0.3 is 10.1 Å².